The number of nitrogens with one attached hydrogen (secondary N) is 1. The molecule has 3 rings (SSSR count). The van der Waals surface area contributed by atoms with E-state index >= 15 is 0 Å². The van der Waals surface area contributed by atoms with Crippen molar-refractivity contribution in [1.29, 1.82) is 0 Å². The summed E-state index contributed by atoms with van der Waals surface area (Å²) in [5, 5.41) is 2.94. The Balaban J connectivity index is 1.62. The molecule has 154 valence electrons. The van der Waals surface area contributed by atoms with Crippen molar-refractivity contribution in [1.82, 2.24) is 9.62 Å². The van der Waals surface area contributed by atoms with Gasteiger partial charge in [0.25, 0.3) is 5.91 Å². The largest absolute Gasteiger partial charge is 0.454 e. The number of hydrogen-bond acceptors (Lipinski definition) is 5. The fraction of sp³-hybridized carbons (Fsp3) is 0.600. The number of sulfonamides is 1. The van der Waals surface area contributed by atoms with Gasteiger partial charge in [-0.25, -0.2) is 8.42 Å². The summed E-state index contributed by atoms with van der Waals surface area (Å²) >= 11 is 0. The first kappa shape index (κ1) is 20.8. The van der Waals surface area contributed by atoms with E-state index in [1.807, 2.05) is 24.3 Å². The van der Waals surface area contributed by atoms with Gasteiger partial charge in [0.05, 0.1) is 6.26 Å². The van der Waals surface area contributed by atoms with E-state index < -0.39 is 28.6 Å². The smallest absolute Gasteiger partial charge is 0.325 e. The summed E-state index contributed by atoms with van der Waals surface area (Å²) in [6.45, 7) is 1.85. The van der Waals surface area contributed by atoms with Crippen LogP contribution >= 0.6 is 0 Å². The Morgan fingerprint density at radius 1 is 1.18 bits per heavy atom. The number of amides is 1. The molecule has 0 saturated heterocycles. The highest BCUT2D eigenvalue weighted by atomic mass is 32.2. The van der Waals surface area contributed by atoms with Gasteiger partial charge in [0, 0.05) is 19.0 Å². The molecule has 8 heteroatoms. The van der Waals surface area contributed by atoms with E-state index in [1.165, 1.54) is 6.42 Å². The molecule has 0 spiro atoms. The lowest BCUT2D eigenvalue weighted by Crippen LogP contribution is -2.49. The first-order valence-electron chi connectivity index (χ1n) is 9.75. The van der Waals surface area contributed by atoms with Gasteiger partial charge in [-0.1, -0.05) is 44.0 Å². The molecule has 1 N–H and O–H groups in total. The molecule has 1 saturated carbocycles. The molecule has 28 heavy (non-hydrogen) atoms. The second kappa shape index (κ2) is 8.61. The highest BCUT2D eigenvalue weighted by Gasteiger charge is 2.38. The standard InChI is InChI=1S/C20H28N2O5S/c1-14-7-3-6-10-17(14)21-19(23)13-27-20(24)18-11-15-8-4-5-9-16(15)12-22(18)28(2,25)26/h4-5,8-9,14,17-18H,3,6-7,10-13H2,1-2H3,(H,21,23)/t14-,17-,18+/m1/s1. The molecule has 1 heterocycles. The van der Waals surface area contributed by atoms with E-state index in [0.717, 1.165) is 41.0 Å². The van der Waals surface area contributed by atoms with Crippen LogP contribution < -0.4 is 5.32 Å². The van der Waals surface area contributed by atoms with Crippen molar-refractivity contribution in [2.45, 2.75) is 57.7 Å². The third-order valence-corrected chi connectivity index (χ3v) is 6.94. The normalized spacial score (nSPS) is 25.6. The quantitative estimate of drug-likeness (QED) is 0.747. The van der Waals surface area contributed by atoms with E-state index in [2.05, 4.69) is 12.2 Å². The average molecular weight is 409 g/mol. The number of rotatable bonds is 5. The maximum Gasteiger partial charge on any atom is 0.325 e. The Kier molecular flexibility index (Phi) is 6.40. The molecule has 0 radical (unpaired) electrons. The van der Waals surface area contributed by atoms with Crippen molar-refractivity contribution in [2.75, 3.05) is 12.9 Å². The Bertz CT molecular complexity index is 839. The molecule has 1 aromatic rings. The molecule has 0 aromatic heterocycles. The Morgan fingerprint density at radius 3 is 2.54 bits per heavy atom. The molecule has 7 nitrogen and oxygen atoms in total. The number of nitrogens with zero attached hydrogens (tertiary/aromatic N) is 1. The van der Waals surface area contributed by atoms with Gasteiger partial charge >= 0.3 is 5.97 Å². The fourth-order valence-corrected chi connectivity index (χ4v) is 5.06. The lowest BCUT2D eigenvalue weighted by atomic mass is 9.86. The van der Waals surface area contributed by atoms with E-state index in [4.69, 9.17) is 4.74 Å². The van der Waals surface area contributed by atoms with Crippen LogP contribution in [0.4, 0.5) is 0 Å². The van der Waals surface area contributed by atoms with Crippen LogP contribution in [-0.2, 0) is 37.3 Å². The number of fused-ring (bicyclic) bond motifs is 1. The third-order valence-electron chi connectivity index (χ3n) is 5.71. The minimum atomic E-state index is -3.60. The van der Waals surface area contributed by atoms with Crippen molar-refractivity contribution in [3.05, 3.63) is 35.4 Å². The maximum absolute atomic E-state index is 12.6. The number of ether oxygens (including phenoxy) is 1. The van der Waals surface area contributed by atoms with Crippen LogP contribution in [0.15, 0.2) is 24.3 Å². The predicted molar refractivity (Wildman–Crippen MR) is 105 cm³/mol. The summed E-state index contributed by atoms with van der Waals surface area (Å²) in [5.74, 6) is -0.620. The molecular formula is C20H28N2O5S. The van der Waals surface area contributed by atoms with Crippen molar-refractivity contribution in [3.8, 4) is 0 Å². The molecule has 1 aromatic carbocycles. The van der Waals surface area contributed by atoms with Crippen LogP contribution in [0.25, 0.3) is 0 Å². The topological polar surface area (TPSA) is 92.8 Å². The molecule has 1 aliphatic carbocycles. The predicted octanol–water partition coefficient (Wildman–Crippen LogP) is 1.61. The average Bonchev–Trinajstić information content (AvgIpc) is 2.66. The van der Waals surface area contributed by atoms with Gasteiger partial charge in [-0.2, -0.15) is 4.31 Å². The Morgan fingerprint density at radius 2 is 1.86 bits per heavy atom. The summed E-state index contributed by atoms with van der Waals surface area (Å²) in [5.41, 5.74) is 1.80. The number of hydrogen-bond donors (Lipinski definition) is 1. The van der Waals surface area contributed by atoms with Gasteiger partial charge in [0.15, 0.2) is 6.61 Å². The van der Waals surface area contributed by atoms with Crippen LogP contribution in [0.1, 0.15) is 43.7 Å². The third kappa shape index (κ3) is 4.91. The molecule has 2 aliphatic rings. The molecule has 1 amide bonds. The zero-order chi connectivity index (χ0) is 20.3. The van der Waals surface area contributed by atoms with Crippen LogP contribution in [0.2, 0.25) is 0 Å². The minimum absolute atomic E-state index is 0.106. The molecule has 3 atom stereocenters. The summed E-state index contributed by atoms with van der Waals surface area (Å²) in [6, 6.07) is 6.59. The number of carbonyl (C=O) groups excluding carboxylic acids is 2. The first-order chi connectivity index (χ1) is 13.3. The van der Waals surface area contributed by atoms with Gasteiger partial charge in [-0.05, 0) is 29.9 Å². The van der Waals surface area contributed by atoms with Crippen molar-refractivity contribution >= 4 is 21.9 Å². The molecule has 1 aliphatic heterocycles. The van der Waals surface area contributed by atoms with Crippen LogP contribution in [-0.4, -0.2) is 49.5 Å². The molecular weight excluding hydrogens is 380 g/mol. The Hall–Kier alpha value is -1.93. The molecule has 1 fully saturated rings. The zero-order valence-corrected chi connectivity index (χ0v) is 17.2. The number of carbonyl (C=O) groups is 2. The van der Waals surface area contributed by atoms with E-state index in [-0.39, 0.29) is 24.9 Å². The molecule has 0 unspecified atom stereocenters. The summed E-state index contributed by atoms with van der Waals surface area (Å²) in [6.07, 6.45) is 5.59. The van der Waals surface area contributed by atoms with Gasteiger partial charge in [-0.3, -0.25) is 9.59 Å². The minimum Gasteiger partial charge on any atom is -0.454 e. The van der Waals surface area contributed by atoms with Gasteiger partial charge in [0.2, 0.25) is 10.0 Å². The van der Waals surface area contributed by atoms with Crippen LogP contribution in [0.5, 0.6) is 0 Å². The van der Waals surface area contributed by atoms with E-state index in [0.29, 0.717) is 5.92 Å². The lowest BCUT2D eigenvalue weighted by molar-refractivity contribution is -0.153. The second-order valence-electron chi connectivity index (χ2n) is 7.84. The van der Waals surface area contributed by atoms with Gasteiger partial charge < -0.3 is 10.1 Å². The van der Waals surface area contributed by atoms with Gasteiger partial charge in [0.1, 0.15) is 6.04 Å². The molecule has 0 bridgehead atoms. The highest BCUT2D eigenvalue weighted by molar-refractivity contribution is 7.88. The number of esters is 1. The van der Waals surface area contributed by atoms with Crippen LogP contribution in [0, 0.1) is 5.92 Å². The van der Waals surface area contributed by atoms with E-state index in [9.17, 15) is 18.0 Å². The number of benzene rings is 1. The van der Waals surface area contributed by atoms with Gasteiger partial charge in [-0.15, -0.1) is 0 Å². The highest BCUT2D eigenvalue weighted by Crippen LogP contribution is 2.26. The Labute approximate surface area is 166 Å². The summed E-state index contributed by atoms with van der Waals surface area (Å²) in [4.78, 5) is 24.8. The second-order valence-corrected chi connectivity index (χ2v) is 9.78. The van der Waals surface area contributed by atoms with Crippen molar-refractivity contribution < 1.29 is 22.7 Å². The zero-order valence-electron chi connectivity index (χ0n) is 16.4. The summed E-state index contributed by atoms with van der Waals surface area (Å²) < 4.78 is 30.7. The SMILES string of the molecule is C[C@@H]1CCCC[C@H]1NC(=O)COC(=O)[C@@H]1Cc2ccccc2CN1S(C)(=O)=O. The fourth-order valence-electron chi connectivity index (χ4n) is 4.06. The summed E-state index contributed by atoms with van der Waals surface area (Å²) in [7, 11) is -3.60. The van der Waals surface area contributed by atoms with E-state index in [1.54, 1.807) is 0 Å². The first-order valence-corrected chi connectivity index (χ1v) is 11.6. The monoisotopic (exact) mass is 408 g/mol. The maximum atomic E-state index is 12.6. The van der Waals surface area contributed by atoms with Crippen LogP contribution in [0.3, 0.4) is 0 Å². The lowest BCUT2D eigenvalue weighted by Gasteiger charge is -2.33. The van der Waals surface area contributed by atoms with Crippen molar-refractivity contribution in [2.24, 2.45) is 5.92 Å². The van der Waals surface area contributed by atoms with Crippen molar-refractivity contribution in [3.63, 3.8) is 0 Å².